The molecule has 0 bridgehead atoms. The monoisotopic (exact) mass is 211 g/mol. The molecule has 0 spiro atoms. The summed E-state index contributed by atoms with van der Waals surface area (Å²) in [4.78, 5) is 8.01. The van der Waals surface area contributed by atoms with Crippen molar-refractivity contribution in [1.29, 1.82) is 0 Å². The molecular formula is C10H14ClN3. The minimum absolute atomic E-state index is 0.303. The Kier molecular flexibility index (Phi) is 3.89. The summed E-state index contributed by atoms with van der Waals surface area (Å²) in [6.45, 7) is 7.64. The number of nitrogens with one attached hydrogen (secondary N) is 1. The van der Waals surface area contributed by atoms with Crippen LogP contribution in [0.3, 0.4) is 0 Å². The maximum Gasteiger partial charge on any atom is 0.137 e. The van der Waals surface area contributed by atoms with Gasteiger partial charge in [-0.05, 0) is 20.3 Å². The van der Waals surface area contributed by atoms with Crippen molar-refractivity contribution in [3.63, 3.8) is 0 Å². The second-order valence-corrected chi connectivity index (χ2v) is 3.57. The molecule has 1 aromatic heterocycles. The van der Waals surface area contributed by atoms with Crippen LogP contribution in [0.1, 0.15) is 18.9 Å². The fraction of sp³-hybridized carbons (Fsp3) is 0.400. The van der Waals surface area contributed by atoms with E-state index in [0.29, 0.717) is 11.2 Å². The van der Waals surface area contributed by atoms with E-state index < -0.39 is 0 Å². The predicted octanol–water partition coefficient (Wildman–Crippen LogP) is 2.81. The molecule has 4 heteroatoms. The second kappa shape index (κ2) is 4.96. The maximum absolute atomic E-state index is 5.86. The molecule has 1 aromatic rings. The highest BCUT2D eigenvalue weighted by Crippen LogP contribution is 2.18. The first kappa shape index (κ1) is 11.0. The maximum atomic E-state index is 5.86. The van der Waals surface area contributed by atoms with Crippen molar-refractivity contribution in [2.75, 3.05) is 5.32 Å². The molecular weight excluding hydrogens is 198 g/mol. The van der Waals surface area contributed by atoms with Crippen molar-refractivity contribution in [1.82, 2.24) is 9.97 Å². The van der Waals surface area contributed by atoms with E-state index in [1.807, 2.05) is 13.0 Å². The highest BCUT2D eigenvalue weighted by molar-refractivity contribution is 6.30. The first-order chi connectivity index (χ1) is 6.65. The molecule has 0 aliphatic carbocycles. The molecule has 0 aliphatic rings. The zero-order chi connectivity index (χ0) is 10.6. The van der Waals surface area contributed by atoms with Crippen LogP contribution in [-0.2, 0) is 0 Å². The van der Waals surface area contributed by atoms with Crippen molar-refractivity contribution in [2.45, 2.75) is 26.3 Å². The molecule has 1 unspecified atom stereocenters. The lowest BCUT2D eigenvalue weighted by molar-refractivity contribution is 0.804. The quantitative estimate of drug-likeness (QED) is 0.615. The van der Waals surface area contributed by atoms with Gasteiger partial charge >= 0.3 is 0 Å². The van der Waals surface area contributed by atoms with Gasteiger partial charge in [0, 0.05) is 11.6 Å². The smallest absolute Gasteiger partial charge is 0.137 e. The molecule has 3 nitrogen and oxygen atoms in total. The van der Waals surface area contributed by atoms with Crippen LogP contribution in [0.15, 0.2) is 19.0 Å². The van der Waals surface area contributed by atoms with Gasteiger partial charge in [0.2, 0.25) is 0 Å². The largest absolute Gasteiger partial charge is 0.367 e. The Labute approximate surface area is 89.2 Å². The molecule has 0 saturated carbocycles. The van der Waals surface area contributed by atoms with Gasteiger partial charge in [0.05, 0.1) is 0 Å². The number of aromatic nitrogens is 2. The lowest BCUT2D eigenvalue weighted by Crippen LogP contribution is -2.16. The summed E-state index contributed by atoms with van der Waals surface area (Å²) in [6.07, 6.45) is 4.22. The van der Waals surface area contributed by atoms with E-state index in [-0.39, 0.29) is 0 Å². The van der Waals surface area contributed by atoms with Gasteiger partial charge in [0.1, 0.15) is 17.3 Å². The Morgan fingerprint density at radius 3 is 3.00 bits per heavy atom. The second-order valence-electron chi connectivity index (χ2n) is 3.21. The number of rotatable bonds is 4. The van der Waals surface area contributed by atoms with E-state index >= 15 is 0 Å². The van der Waals surface area contributed by atoms with Crippen LogP contribution in [0, 0.1) is 6.92 Å². The third-order valence-corrected chi connectivity index (χ3v) is 2.31. The fourth-order valence-corrected chi connectivity index (χ4v) is 1.25. The van der Waals surface area contributed by atoms with Crippen LogP contribution in [0.5, 0.6) is 0 Å². The minimum Gasteiger partial charge on any atom is -0.367 e. The highest BCUT2D eigenvalue weighted by atomic mass is 35.5. The van der Waals surface area contributed by atoms with Gasteiger partial charge in [-0.3, -0.25) is 0 Å². The Balaban J connectivity index is 2.76. The number of anilines is 1. The fourth-order valence-electron chi connectivity index (χ4n) is 1.12. The van der Waals surface area contributed by atoms with Crippen molar-refractivity contribution in [3.05, 3.63) is 29.7 Å². The van der Waals surface area contributed by atoms with E-state index in [0.717, 1.165) is 17.8 Å². The molecule has 0 radical (unpaired) electrons. The summed E-state index contributed by atoms with van der Waals surface area (Å²) in [7, 11) is 0. The van der Waals surface area contributed by atoms with Gasteiger partial charge < -0.3 is 5.32 Å². The number of nitrogens with zero attached hydrogens (tertiary/aromatic N) is 2. The Hall–Kier alpha value is -1.09. The standard InChI is InChI=1S/C10H14ClN3/c1-4-5-7(2)14-10-8(3)9(11)12-6-13-10/h4,6-7H,1,5H2,2-3H3,(H,12,13,14). The van der Waals surface area contributed by atoms with E-state index in [4.69, 9.17) is 11.6 Å². The Morgan fingerprint density at radius 2 is 2.36 bits per heavy atom. The van der Waals surface area contributed by atoms with Gasteiger partial charge in [-0.1, -0.05) is 17.7 Å². The Bertz CT molecular complexity index is 325. The molecule has 1 atom stereocenters. The molecule has 1 rings (SSSR count). The molecule has 0 aliphatic heterocycles. The molecule has 1 N–H and O–H groups in total. The number of halogens is 1. The minimum atomic E-state index is 0.303. The number of hydrogen-bond acceptors (Lipinski definition) is 3. The molecule has 0 fully saturated rings. The van der Waals surface area contributed by atoms with Gasteiger partial charge in [0.15, 0.2) is 0 Å². The molecule has 14 heavy (non-hydrogen) atoms. The van der Waals surface area contributed by atoms with E-state index in [1.165, 1.54) is 6.33 Å². The summed E-state index contributed by atoms with van der Waals surface area (Å²) in [5.41, 5.74) is 0.880. The summed E-state index contributed by atoms with van der Waals surface area (Å²) >= 11 is 5.86. The first-order valence-corrected chi connectivity index (χ1v) is 4.87. The molecule has 0 amide bonds. The van der Waals surface area contributed by atoms with Crippen LogP contribution in [0.25, 0.3) is 0 Å². The van der Waals surface area contributed by atoms with E-state index in [9.17, 15) is 0 Å². The van der Waals surface area contributed by atoms with Crippen LogP contribution < -0.4 is 5.32 Å². The molecule has 1 heterocycles. The molecule has 0 saturated heterocycles. The van der Waals surface area contributed by atoms with Crippen molar-refractivity contribution >= 4 is 17.4 Å². The van der Waals surface area contributed by atoms with Crippen molar-refractivity contribution < 1.29 is 0 Å². The highest BCUT2D eigenvalue weighted by Gasteiger charge is 2.06. The number of hydrogen-bond donors (Lipinski definition) is 1. The SMILES string of the molecule is C=CCC(C)Nc1ncnc(Cl)c1C. The van der Waals surface area contributed by atoms with E-state index in [1.54, 1.807) is 0 Å². The zero-order valence-electron chi connectivity index (χ0n) is 8.42. The average molecular weight is 212 g/mol. The predicted molar refractivity (Wildman–Crippen MR) is 59.7 cm³/mol. The topological polar surface area (TPSA) is 37.8 Å². The normalized spacial score (nSPS) is 12.2. The van der Waals surface area contributed by atoms with E-state index in [2.05, 4.69) is 28.8 Å². The van der Waals surface area contributed by atoms with Gasteiger partial charge in [-0.25, -0.2) is 9.97 Å². The summed E-state index contributed by atoms with van der Waals surface area (Å²) < 4.78 is 0. The van der Waals surface area contributed by atoms with Crippen LogP contribution >= 0.6 is 11.6 Å². The average Bonchev–Trinajstić information content (AvgIpc) is 2.13. The lowest BCUT2D eigenvalue weighted by Gasteiger charge is -2.14. The molecule has 76 valence electrons. The lowest BCUT2D eigenvalue weighted by atomic mass is 10.2. The van der Waals surface area contributed by atoms with Gasteiger partial charge in [-0.2, -0.15) is 0 Å². The van der Waals surface area contributed by atoms with Crippen molar-refractivity contribution in [2.24, 2.45) is 0 Å². The van der Waals surface area contributed by atoms with Crippen LogP contribution in [-0.4, -0.2) is 16.0 Å². The van der Waals surface area contributed by atoms with Gasteiger partial charge in [-0.15, -0.1) is 6.58 Å². The third kappa shape index (κ3) is 2.70. The summed E-state index contributed by atoms with van der Waals surface area (Å²) in [6, 6.07) is 0.303. The van der Waals surface area contributed by atoms with Crippen LogP contribution in [0.2, 0.25) is 5.15 Å². The summed E-state index contributed by atoms with van der Waals surface area (Å²) in [5, 5.41) is 3.74. The molecule has 0 aromatic carbocycles. The summed E-state index contributed by atoms with van der Waals surface area (Å²) in [5.74, 6) is 0.791. The van der Waals surface area contributed by atoms with Crippen LogP contribution in [0.4, 0.5) is 5.82 Å². The third-order valence-electron chi connectivity index (χ3n) is 1.93. The van der Waals surface area contributed by atoms with Crippen molar-refractivity contribution in [3.8, 4) is 0 Å². The first-order valence-electron chi connectivity index (χ1n) is 4.49. The Morgan fingerprint density at radius 1 is 1.64 bits per heavy atom. The zero-order valence-corrected chi connectivity index (χ0v) is 9.17. The van der Waals surface area contributed by atoms with Gasteiger partial charge in [0.25, 0.3) is 0 Å².